The summed E-state index contributed by atoms with van der Waals surface area (Å²) in [5.41, 5.74) is 0.810. The Morgan fingerprint density at radius 2 is 2.07 bits per heavy atom. The summed E-state index contributed by atoms with van der Waals surface area (Å²) < 4.78 is 0. The number of halogens is 1. The number of aromatic carboxylic acids is 1. The minimum absolute atomic E-state index is 0. The average molecular weight is 242 g/mol. The van der Waals surface area contributed by atoms with E-state index in [1.54, 1.807) is 18.3 Å². The Balaban J connectivity index is 0.00000112. The van der Waals surface area contributed by atoms with Gasteiger partial charge in [-0.25, -0.2) is 4.79 Å². The minimum atomic E-state index is -0.891. The molecule has 0 amide bonds. The predicted octanol–water partition coefficient (Wildman–Crippen LogP) is 2.93. The number of carboxylic acid groups (broad SMARTS) is 1. The van der Waals surface area contributed by atoms with Crippen LogP contribution in [0.4, 0.5) is 0 Å². The Labute approximate surface area is 96.8 Å². The molecule has 0 aliphatic heterocycles. The molecule has 1 N–H and O–H groups in total. The number of pyridine rings is 1. The van der Waals surface area contributed by atoms with Gasteiger partial charge in [0.1, 0.15) is 4.88 Å². The smallest absolute Gasteiger partial charge is 0.345 e. The summed E-state index contributed by atoms with van der Waals surface area (Å²) in [6, 6.07) is 8.93. The summed E-state index contributed by atoms with van der Waals surface area (Å²) in [5.74, 6) is -0.891. The predicted molar refractivity (Wildman–Crippen MR) is 61.8 cm³/mol. The first-order valence-corrected chi connectivity index (χ1v) is 4.83. The molecule has 0 aromatic carbocycles. The van der Waals surface area contributed by atoms with Crippen molar-refractivity contribution < 1.29 is 9.90 Å². The largest absolute Gasteiger partial charge is 0.477 e. The molecule has 78 valence electrons. The van der Waals surface area contributed by atoms with Gasteiger partial charge in [0.2, 0.25) is 0 Å². The Morgan fingerprint density at radius 3 is 2.60 bits per heavy atom. The number of carbonyl (C=O) groups is 1. The number of rotatable bonds is 2. The topological polar surface area (TPSA) is 50.2 Å². The number of hydrogen-bond donors (Lipinski definition) is 1. The fourth-order valence-corrected chi connectivity index (χ4v) is 1.92. The van der Waals surface area contributed by atoms with Crippen molar-refractivity contribution in [2.45, 2.75) is 0 Å². The van der Waals surface area contributed by atoms with Crippen LogP contribution in [-0.4, -0.2) is 16.1 Å². The molecular formula is C10H8ClNO2S. The molecule has 0 saturated heterocycles. The third kappa shape index (κ3) is 2.55. The molecule has 0 radical (unpaired) electrons. The molecule has 0 saturated carbocycles. The number of thiophene rings is 1. The highest BCUT2D eigenvalue weighted by Gasteiger charge is 2.08. The van der Waals surface area contributed by atoms with Crippen LogP contribution in [0.15, 0.2) is 36.5 Å². The molecule has 5 heteroatoms. The number of nitrogens with zero attached hydrogens (tertiary/aromatic N) is 1. The van der Waals surface area contributed by atoms with Gasteiger partial charge in [0.05, 0.1) is 10.6 Å². The van der Waals surface area contributed by atoms with E-state index in [0.29, 0.717) is 4.88 Å². The molecular weight excluding hydrogens is 234 g/mol. The first-order chi connectivity index (χ1) is 6.77. The Morgan fingerprint density at radius 1 is 1.27 bits per heavy atom. The van der Waals surface area contributed by atoms with Crippen molar-refractivity contribution in [3.63, 3.8) is 0 Å². The zero-order valence-electron chi connectivity index (χ0n) is 7.58. The van der Waals surface area contributed by atoms with E-state index < -0.39 is 5.97 Å². The lowest BCUT2D eigenvalue weighted by Crippen LogP contribution is -1.89. The van der Waals surface area contributed by atoms with Crippen molar-refractivity contribution in [3.8, 4) is 10.6 Å². The van der Waals surface area contributed by atoms with Gasteiger partial charge in [-0.3, -0.25) is 4.98 Å². The Bertz CT molecular complexity index is 455. The van der Waals surface area contributed by atoms with Crippen LogP contribution in [0.5, 0.6) is 0 Å². The molecule has 0 aliphatic rings. The van der Waals surface area contributed by atoms with Gasteiger partial charge in [-0.15, -0.1) is 23.7 Å². The number of carboxylic acids is 1. The number of aromatic nitrogens is 1. The minimum Gasteiger partial charge on any atom is -0.477 e. The van der Waals surface area contributed by atoms with Gasteiger partial charge in [-0.1, -0.05) is 6.07 Å². The van der Waals surface area contributed by atoms with E-state index in [2.05, 4.69) is 4.98 Å². The van der Waals surface area contributed by atoms with Gasteiger partial charge in [-0.05, 0) is 24.3 Å². The highest BCUT2D eigenvalue weighted by molar-refractivity contribution is 7.17. The molecule has 2 heterocycles. The molecule has 0 aliphatic carbocycles. The van der Waals surface area contributed by atoms with Crippen LogP contribution in [0, 0.1) is 0 Å². The average Bonchev–Trinajstić information content (AvgIpc) is 2.68. The molecule has 0 fully saturated rings. The van der Waals surface area contributed by atoms with Crippen molar-refractivity contribution in [2.75, 3.05) is 0 Å². The summed E-state index contributed by atoms with van der Waals surface area (Å²) in [7, 11) is 0. The van der Waals surface area contributed by atoms with Gasteiger partial charge in [-0.2, -0.15) is 0 Å². The lowest BCUT2D eigenvalue weighted by atomic mass is 10.3. The summed E-state index contributed by atoms with van der Waals surface area (Å²) in [6.45, 7) is 0. The highest BCUT2D eigenvalue weighted by atomic mass is 35.5. The molecule has 2 aromatic heterocycles. The Kier molecular flexibility index (Phi) is 3.82. The van der Waals surface area contributed by atoms with Gasteiger partial charge in [0.25, 0.3) is 0 Å². The zero-order valence-corrected chi connectivity index (χ0v) is 9.22. The molecule has 0 bridgehead atoms. The van der Waals surface area contributed by atoms with Crippen molar-refractivity contribution in [1.29, 1.82) is 0 Å². The van der Waals surface area contributed by atoms with Gasteiger partial charge >= 0.3 is 5.97 Å². The van der Waals surface area contributed by atoms with E-state index in [4.69, 9.17) is 5.11 Å². The SMILES string of the molecule is Cl.O=C(O)c1ccc(-c2ccccn2)s1. The van der Waals surface area contributed by atoms with E-state index >= 15 is 0 Å². The van der Waals surface area contributed by atoms with Crippen molar-refractivity contribution >= 4 is 29.7 Å². The molecule has 0 unspecified atom stereocenters. The Hall–Kier alpha value is -1.39. The quantitative estimate of drug-likeness (QED) is 0.880. The standard InChI is InChI=1S/C10H7NO2S.ClH/c12-10(13)9-5-4-8(14-9)7-3-1-2-6-11-7;/h1-6H,(H,12,13);1H. The van der Waals surface area contributed by atoms with Gasteiger partial charge in [0.15, 0.2) is 0 Å². The molecule has 0 atom stereocenters. The summed E-state index contributed by atoms with van der Waals surface area (Å²) >= 11 is 1.23. The molecule has 0 spiro atoms. The normalized spacial score (nSPS) is 9.33. The second kappa shape index (κ2) is 4.91. The third-order valence-corrected chi connectivity index (χ3v) is 2.83. The van der Waals surface area contributed by atoms with E-state index in [1.165, 1.54) is 11.3 Å². The van der Waals surface area contributed by atoms with Crippen LogP contribution in [0.1, 0.15) is 9.67 Å². The molecule has 2 aromatic rings. The molecule has 2 rings (SSSR count). The van der Waals surface area contributed by atoms with Crippen LogP contribution in [-0.2, 0) is 0 Å². The first-order valence-electron chi connectivity index (χ1n) is 4.02. The summed E-state index contributed by atoms with van der Waals surface area (Å²) in [4.78, 5) is 16.0. The van der Waals surface area contributed by atoms with Crippen molar-refractivity contribution in [1.82, 2.24) is 4.98 Å². The third-order valence-electron chi connectivity index (χ3n) is 1.73. The van der Waals surface area contributed by atoms with E-state index in [1.807, 2.05) is 18.2 Å². The summed E-state index contributed by atoms with van der Waals surface area (Å²) in [5, 5.41) is 8.74. The van der Waals surface area contributed by atoms with Gasteiger partial charge < -0.3 is 5.11 Å². The van der Waals surface area contributed by atoms with E-state index in [9.17, 15) is 4.79 Å². The van der Waals surface area contributed by atoms with Crippen LogP contribution < -0.4 is 0 Å². The van der Waals surface area contributed by atoms with E-state index in [0.717, 1.165) is 10.6 Å². The van der Waals surface area contributed by atoms with Crippen LogP contribution in [0.25, 0.3) is 10.6 Å². The monoisotopic (exact) mass is 241 g/mol. The fraction of sp³-hybridized carbons (Fsp3) is 0. The lowest BCUT2D eigenvalue weighted by molar-refractivity contribution is 0.0702. The second-order valence-corrected chi connectivity index (χ2v) is 3.77. The van der Waals surface area contributed by atoms with Crippen molar-refractivity contribution in [2.24, 2.45) is 0 Å². The van der Waals surface area contributed by atoms with Crippen LogP contribution >= 0.6 is 23.7 Å². The highest BCUT2D eigenvalue weighted by Crippen LogP contribution is 2.25. The van der Waals surface area contributed by atoms with Gasteiger partial charge in [0, 0.05) is 6.20 Å². The summed E-state index contributed by atoms with van der Waals surface area (Å²) in [6.07, 6.45) is 1.69. The number of hydrogen-bond acceptors (Lipinski definition) is 3. The van der Waals surface area contributed by atoms with Crippen molar-refractivity contribution in [3.05, 3.63) is 41.4 Å². The lowest BCUT2D eigenvalue weighted by Gasteiger charge is -1.92. The first kappa shape index (κ1) is 11.7. The maximum Gasteiger partial charge on any atom is 0.345 e. The maximum atomic E-state index is 10.6. The second-order valence-electron chi connectivity index (χ2n) is 2.68. The zero-order chi connectivity index (χ0) is 9.97. The van der Waals surface area contributed by atoms with E-state index in [-0.39, 0.29) is 12.4 Å². The van der Waals surface area contributed by atoms with Crippen LogP contribution in [0.3, 0.4) is 0 Å². The molecule has 15 heavy (non-hydrogen) atoms. The molecule has 3 nitrogen and oxygen atoms in total. The fourth-order valence-electron chi connectivity index (χ4n) is 1.10. The maximum absolute atomic E-state index is 10.6. The van der Waals surface area contributed by atoms with Crippen LogP contribution in [0.2, 0.25) is 0 Å².